The van der Waals surface area contributed by atoms with E-state index < -0.39 is 41.4 Å². The van der Waals surface area contributed by atoms with E-state index in [9.17, 15) is 19.8 Å². The molecule has 0 radical (unpaired) electrons. The Hall–Kier alpha value is -1.14. The van der Waals surface area contributed by atoms with Gasteiger partial charge in [0.15, 0.2) is 12.1 Å². The van der Waals surface area contributed by atoms with Gasteiger partial charge in [0, 0.05) is 31.7 Å². The van der Waals surface area contributed by atoms with E-state index >= 15 is 0 Å². The average Bonchev–Trinajstić information content (AvgIpc) is 2.87. The van der Waals surface area contributed by atoms with Crippen LogP contribution in [0, 0.1) is 23.2 Å². The van der Waals surface area contributed by atoms with Crippen molar-refractivity contribution in [1.29, 1.82) is 0 Å². The molecule has 10 heteroatoms. The predicted molar refractivity (Wildman–Crippen MR) is 148 cm³/mol. The number of rotatable bonds is 7. The fourth-order valence-corrected chi connectivity index (χ4v) is 6.00. The van der Waals surface area contributed by atoms with Crippen molar-refractivity contribution in [3.8, 4) is 0 Å². The molecule has 3 N–H and O–H groups in total. The van der Waals surface area contributed by atoms with Gasteiger partial charge in [0.1, 0.15) is 18.1 Å². The monoisotopic (exact) mass is 558 g/mol. The van der Waals surface area contributed by atoms with E-state index in [4.69, 9.17) is 18.9 Å². The summed E-state index contributed by atoms with van der Waals surface area (Å²) in [4.78, 5) is 29.2. The third-order valence-corrected chi connectivity index (χ3v) is 8.77. The number of cyclic esters (lactones) is 1. The highest BCUT2D eigenvalue weighted by Gasteiger charge is 2.51. The minimum Gasteiger partial charge on any atom is -0.463 e. The van der Waals surface area contributed by atoms with Crippen molar-refractivity contribution < 1.29 is 38.7 Å². The molecule has 0 aromatic carbocycles. The predicted octanol–water partition coefficient (Wildman–Crippen LogP) is 1.99. The van der Waals surface area contributed by atoms with E-state index in [1.165, 1.54) is 0 Å². The van der Waals surface area contributed by atoms with Crippen molar-refractivity contribution in [3.05, 3.63) is 0 Å². The molecule has 3 unspecified atom stereocenters. The Morgan fingerprint density at radius 3 is 2.38 bits per heavy atom. The quantitative estimate of drug-likeness (QED) is 0.315. The van der Waals surface area contributed by atoms with Crippen LogP contribution in [0.4, 0.5) is 0 Å². The summed E-state index contributed by atoms with van der Waals surface area (Å²) in [6.45, 7) is 13.6. The van der Waals surface area contributed by atoms with Crippen LogP contribution in [0.25, 0.3) is 0 Å². The Kier molecular flexibility index (Phi) is 12.4. The molecule has 228 valence electrons. The second-order valence-electron chi connectivity index (χ2n) is 12.8. The molecule has 0 bridgehead atoms. The van der Waals surface area contributed by atoms with Crippen molar-refractivity contribution in [2.75, 3.05) is 41.0 Å². The van der Waals surface area contributed by atoms with Crippen LogP contribution in [-0.2, 0) is 28.5 Å². The van der Waals surface area contributed by atoms with Crippen LogP contribution in [0.1, 0.15) is 67.7 Å². The number of nitrogens with one attached hydrogen (secondary N) is 1. The maximum Gasteiger partial charge on any atom is 0.319 e. The number of carbonyl (C=O) groups is 2. The number of aliphatic hydroxyl groups is 2. The number of ether oxygens (including phenoxy) is 4. The number of nitrogens with zero attached hydrogens (tertiary/aromatic N) is 1. The van der Waals surface area contributed by atoms with Gasteiger partial charge in [-0.05, 0) is 79.4 Å². The lowest BCUT2D eigenvalue weighted by Gasteiger charge is -2.47. The maximum atomic E-state index is 14.0. The van der Waals surface area contributed by atoms with Gasteiger partial charge in [0.25, 0.3) is 0 Å². The van der Waals surface area contributed by atoms with Gasteiger partial charge in [-0.1, -0.05) is 20.8 Å². The van der Waals surface area contributed by atoms with Gasteiger partial charge in [-0.3, -0.25) is 9.59 Å². The number of esters is 1. The number of methoxy groups -OCH3 is 1. The van der Waals surface area contributed by atoms with Crippen LogP contribution in [0.2, 0.25) is 0 Å². The molecule has 0 saturated carbocycles. The van der Waals surface area contributed by atoms with Crippen molar-refractivity contribution in [2.24, 2.45) is 23.2 Å². The smallest absolute Gasteiger partial charge is 0.319 e. The van der Waals surface area contributed by atoms with Crippen LogP contribution >= 0.6 is 0 Å². The molecule has 2 saturated heterocycles. The van der Waals surface area contributed by atoms with Crippen molar-refractivity contribution in [1.82, 2.24) is 10.2 Å². The van der Waals surface area contributed by atoms with Gasteiger partial charge in [0.2, 0.25) is 0 Å². The lowest BCUT2D eigenvalue weighted by atomic mass is 9.74. The largest absolute Gasteiger partial charge is 0.463 e. The number of aliphatic hydroxyl groups excluding tert-OH is 2. The van der Waals surface area contributed by atoms with E-state index in [1.54, 1.807) is 27.9 Å². The molecule has 0 spiro atoms. The Bertz CT molecular complexity index is 808. The second-order valence-corrected chi connectivity index (χ2v) is 12.8. The number of hydrogen-bond acceptors (Lipinski definition) is 10. The number of likely N-dealkylation sites (N-methyl/N-ethyl adjacent to an activating group) is 1. The average molecular weight is 559 g/mol. The first-order valence-electron chi connectivity index (χ1n) is 14.3. The molecule has 0 aromatic rings. The standard InChI is InChI=1S/C29H54N2O8/c1-17-14-29(7,36-10)25(39-26-23(33)22(31(8)9)13-19(3)38-26)20(4)24(34)28(5,6)27(35)37-16-21(30-15-17)18(2)11-12-32/h17-23,25-26,30,32-33H,11-16H2,1-10H3/t17-,18-,19?,20+,21-,22?,23-,25-,26?,29-/m1/s1. The lowest BCUT2D eigenvalue weighted by molar-refractivity contribution is -0.295. The zero-order chi connectivity index (χ0) is 29.7. The fourth-order valence-electron chi connectivity index (χ4n) is 6.00. The molecule has 39 heavy (non-hydrogen) atoms. The van der Waals surface area contributed by atoms with E-state index in [1.807, 2.05) is 39.8 Å². The minimum absolute atomic E-state index is 0.0352. The summed E-state index contributed by atoms with van der Waals surface area (Å²) in [7, 11) is 5.41. The first kappa shape index (κ1) is 34.1. The van der Waals surface area contributed by atoms with Gasteiger partial charge in [0.05, 0.1) is 17.8 Å². The van der Waals surface area contributed by atoms with Crippen LogP contribution in [0.3, 0.4) is 0 Å². The van der Waals surface area contributed by atoms with Crippen LogP contribution in [0.15, 0.2) is 0 Å². The van der Waals surface area contributed by atoms with Crippen LogP contribution in [-0.4, -0.2) is 110 Å². The Balaban J connectivity index is 2.49. The van der Waals surface area contributed by atoms with Gasteiger partial charge in [-0.15, -0.1) is 0 Å². The Labute approximate surface area is 235 Å². The third kappa shape index (κ3) is 8.21. The Morgan fingerprint density at radius 2 is 1.82 bits per heavy atom. The summed E-state index contributed by atoms with van der Waals surface area (Å²) in [5.41, 5.74) is -2.38. The summed E-state index contributed by atoms with van der Waals surface area (Å²) < 4.78 is 24.4. The fraction of sp³-hybridized carbons (Fsp3) is 0.931. The first-order valence-corrected chi connectivity index (χ1v) is 14.3. The van der Waals surface area contributed by atoms with Crippen molar-refractivity contribution in [3.63, 3.8) is 0 Å². The molecule has 2 aliphatic heterocycles. The van der Waals surface area contributed by atoms with Gasteiger partial charge >= 0.3 is 5.97 Å². The first-order chi connectivity index (χ1) is 18.1. The molecular weight excluding hydrogens is 504 g/mol. The van der Waals surface area contributed by atoms with Crippen LogP contribution < -0.4 is 5.32 Å². The summed E-state index contributed by atoms with van der Waals surface area (Å²) >= 11 is 0. The normalized spacial score (nSPS) is 39.8. The Morgan fingerprint density at radius 1 is 1.18 bits per heavy atom. The van der Waals surface area contributed by atoms with Crippen molar-refractivity contribution >= 4 is 11.8 Å². The third-order valence-electron chi connectivity index (χ3n) is 8.77. The molecule has 2 fully saturated rings. The molecule has 0 aromatic heterocycles. The summed E-state index contributed by atoms with van der Waals surface area (Å²) in [6.07, 6.45) is -1.13. The minimum atomic E-state index is -1.44. The van der Waals surface area contributed by atoms with Crippen LogP contribution in [0.5, 0.6) is 0 Å². The molecule has 0 aliphatic carbocycles. The summed E-state index contributed by atoms with van der Waals surface area (Å²) in [6, 6.07) is -0.357. The van der Waals surface area contributed by atoms with E-state index in [2.05, 4.69) is 12.2 Å². The highest BCUT2D eigenvalue weighted by molar-refractivity contribution is 6.04. The number of carbonyl (C=O) groups excluding carboxylic acids is 2. The zero-order valence-corrected chi connectivity index (χ0v) is 25.7. The number of ketones is 1. The van der Waals surface area contributed by atoms with Crippen molar-refractivity contribution in [2.45, 2.75) is 110 Å². The van der Waals surface area contributed by atoms with E-state index in [-0.39, 0.29) is 49.0 Å². The number of Topliss-reactive ketones (excluding diaryl/α,β-unsaturated/α-hetero) is 1. The second kappa shape index (κ2) is 14.2. The number of hydrogen-bond donors (Lipinski definition) is 3. The molecule has 2 heterocycles. The summed E-state index contributed by atoms with van der Waals surface area (Å²) in [5.74, 6) is -1.55. The molecule has 2 rings (SSSR count). The molecule has 10 atom stereocenters. The highest BCUT2D eigenvalue weighted by atomic mass is 16.7. The molecule has 0 amide bonds. The van der Waals surface area contributed by atoms with Gasteiger partial charge in [-0.25, -0.2) is 0 Å². The SMILES string of the molecule is CO[C@]1(C)C[C@@H](C)CN[C@@H]([C@H](C)CCO)COC(=O)C(C)(C)C(=O)[C@H](C)[C@H]1OC1OC(C)CC(N(C)C)[C@H]1O. The van der Waals surface area contributed by atoms with E-state index in [0.717, 1.165) is 0 Å². The molecule has 2 aliphatic rings. The summed E-state index contributed by atoms with van der Waals surface area (Å²) in [5, 5.41) is 24.2. The molecule has 10 nitrogen and oxygen atoms in total. The molecular formula is C29H54N2O8. The van der Waals surface area contributed by atoms with Gasteiger partial charge < -0.3 is 39.4 Å². The zero-order valence-electron chi connectivity index (χ0n) is 25.7. The van der Waals surface area contributed by atoms with E-state index in [0.29, 0.717) is 25.8 Å². The topological polar surface area (TPSA) is 127 Å². The maximum absolute atomic E-state index is 14.0. The lowest BCUT2D eigenvalue weighted by Crippen LogP contribution is -2.59. The highest BCUT2D eigenvalue weighted by Crippen LogP contribution is 2.38. The van der Waals surface area contributed by atoms with Gasteiger partial charge in [-0.2, -0.15) is 0 Å².